The molecule has 0 fully saturated rings. The van der Waals surface area contributed by atoms with Crippen molar-refractivity contribution in [2.45, 2.75) is 24.4 Å². The predicted molar refractivity (Wildman–Crippen MR) is 65.4 cm³/mol. The molecule has 0 aliphatic heterocycles. The van der Waals surface area contributed by atoms with E-state index in [9.17, 15) is 5.11 Å². The summed E-state index contributed by atoms with van der Waals surface area (Å²) in [6, 6.07) is 0. The predicted octanol–water partition coefficient (Wildman–Crippen LogP) is -0.116. The minimum absolute atomic E-state index is 0.0550. The molecule has 0 bridgehead atoms. The lowest BCUT2D eigenvalue weighted by atomic mass is 9.96. The van der Waals surface area contributed by atoms with E-state index in [0.717, 1.165) is 0 Å². The van der Waals surface area contributed by atoms with Crippen LogP contribution in [0.3, 0.4) is 0 Å². The smallest absolute Gasteiger partial charge is 0.147 e. The highest BCUT2D eigenvalue weighted by atomic mass is 16.7. The van der Waals surface area contributed by atoms with Crippen molar-refractivity contribution in [3.63, 3.8) is 0 Å². The van der Waals surface area contributed by atoms with Crippen LogP contribution in [0, 0.1) is 0 Å². The highest BCUT2D eigenvalue weighted by Gasteiger charge is 2.38. The largest absolute Gasteiger partial charge is 0.386 e. The van der Waals surface area contributed by atoms with Gasteiger partial charge in [0.25, 0.3) is 0 Å². The number of hydrogen-bond acceptors (Lipinski definition) is 7. The number of aliphatic hydroxyl groups is 1. The molecule has 1 N–H and O–H groups in total. The van der Waals surface area contributed by atoms with Gasteiger partial charge in [-0.25, -0.2) is 0 Å². The van der Waals surface area contributed by atoms with Crippen molar-refractivity contribution in [3.8, 4) is 0 Å². The number of aliphatic hydroxyl groups excluding tert-OH is 1. The molecule has 0 radical (unpaired) electrons. The van der Waals surface area contributed by atoms with Crippen molar-refractivity contribution < 1.29 is 33.5 Å². The number of rotatable bonds is 9. The van der Waals surface area contributed by atoms with E-state index in [1.54, 1.807) is 12.2 Å². The van der Waals surface area contributed by atoms with Crippen LogP contribution in [-0.2, 0) is 28.4 Å². The molecule has 1 aliphatic rings. The molecule has 0 aromatic rings. The third-order valence-electron chi connectivity index (χ3n) is 2.62. The lowest BCUT2D eigenvalue weighted by molar-refractivity contribution is -0.216. The van der Waals surface area contributed by atoms with Crippen LogP contribution in [0.1, 0.15) is 0 Å². The van der Waals surface area contributed by atoms with E-state index >= 15 is 0 Å². The molecule has 7 nitrogen and oxygen atoms in total. The van der Waals surface area contributed by atoms with Crippen LogP contribution in [0.25, 0.3) is 0 Å². The molecule has 0 aromatic heterocycles. The maximum Gasteiger partial charge on any atom is 0.147 e. The highest BCUT2D eigenvalue weighted by Crippen LogP contribution is 2.22. The second-order valence-electron chi connectivity index (χ2n) is 3.99. The van der Waals surface area contributed by atoms with Crippen LogP contribution >= 0.6 is 0 Å². The zero-order chi connectivity index (χ0) is 14.1. The summed E-state index contributed by atoms with van der Waals surface area (Å²) in [6.45, 7) is 0.249. The van der Waals surface area contributed by atoms with Gasteiger partial charge < -0.3 is 33.5 Å². The third kappa shape index (κ3) is 5.15. The lowest BCUT2D eigenvalue weighted by Crippen LogP contribution is -2.51. The second kappa shape index (κ2) is 9.38. The lowest BCUT2D eigenvalue weighted by Gasteiger charge is -2.36. The van der Waals surface area contributed by atoms with Gasteiger partial charge in [0.05, 0.1) is 0 Å². The van der Waals surface area contributed by atoms with Crippen molar-refractivity contribution in [2.75, 3.05) is 41.7 Å². The summed E-state index contributed by atoms with van der Waals surface area (Å²) in [6.07, 6.45) is 1.04. The van der Waals surface area contributed by atoms with Gasteiger partial charge in [-0.1, -0.05) is 12.2 Å². The van der Waals surface area contributed by atoms with Gasteiger partial charge in [0.1, 0.15) is 44.8 Å². The SMILES string of the molecule is COCO[C@@H]1[C@H](OCOC)[C@H](O)C=C[C@H]1OCOC. The molecule has 0 amide bonds. The molecule has 1 rings (SSSR count). The third-order valence-corrected chi connectivity index (χ3v) is 2.62. The van der Waals surface area contributed by atoms with Gasteiger partial charge in [0, 0.05) is 21.3 Å². The molecule has 4 atom stereocenters. The first kappa shape index (κ1) is 16.5. The van der Waals surface area contributed by atoms with Crippen molar-refractivity contribution in [2.24, 2.45) is 0 Å². The standard InChI is InChI=1S/C12H22O7/c1-14-6-17-10-5-4-9(13)11(18-7-15-2)12(10)19-8-16-3/h4-5,9-13H,6-8H2,1-3H3/t9-,10-,11-,12+/m1/s1. The van der Waals surface area contributed by atoms with E-state index in [0.29, 0.717) is 0 Å². The van der Waals surface area contributed by atoms with Crippen molar-refractivity contribution >= 4 is 0 Å². The topological polar surface area (TPSA) is 75.6 Å². The fourth-order valence-corrected chi connectivity index (χ4v) is 1.80. The minimum Gasteiger partial charge on any atom is -0.386 e. The Morgan fingerprint density at radius 1 is 0.789 bits per heavy atom. The highest BCUT2D eigenvalue weighted by molar-refractivity contribution is 5.09. The zero-order valence-electron chi connectivity index (χ0n) is 11.5. The van der Waals surface area contributed by atoms with E-state index in [2.05, 4.69) is 0 Å². The minimum atomic E-state index is -0.792. The Bertz CT molecular complexity index is 258. The normalized spacial score (nSPS) is 30.7. The number of hydrogen-bond donors (Lipinski definition) is 1. The molecule has 0 aromatic carbocycles. The van der Waals surface area contributed by atoms with E-state index in [-0.39, 0.29) is 26.5 Å². The average Bonchev–Trinajstić information content (AvgIpc) is 2.42. The number of methoxy groups -OCH3 is 3. The van der Waals surface area contributed by atoms with Crippen LogP contribution in [0.4, 0.5) is 0 Å². The summed E-state index contributed by atoms with van der Waals surface area (Å²) in [5.41, 5.74) is 0. The average molecular weight is 278 g/mol. The van der Waals surface area contributed by atoms with E-state index in [1.807, 2.05) is 0 Å². The Morgan fingerprint density at radius 2 is 1.32 bits per heavy atom. The summed E-state index contributed by atoms with van der Waals surface area (Å²) in [5, 5.41) is 9.93. The van der Waals surface area contributed by atoms with Gasteiger partial charge in [0.15, 0.2) is 0 Å². The molecule has 0 heterocycles. The van der Waals surface area contributed by atoms with E-state index < -0.39 is 18.3 Å². The fourth-order valence-electron chi connectivity index (χ4n) is 1.80. The Kier molecular flexibility index (Phi) is 8.15. The molecule has 0 unspecified atom stereocenters. The molecule has 19 heavy (non-hydrogen) atoms. The van der Waals surface area contributed by atoms with Crippen molar-refractivity contribution in [1.82, 2.24) is 0 Å². The first-order valence-corrected chi connectivity index (χ1v) is 5.92. The Morgan fingerprint density at radius 3 is 1.89 bits per heavy atom. The molecular formula is C12H22O7. The molecule has 7 heteroatoms. The summed E-state index contributed by atoms with van der Waals surface area (Å²) in [7, 11) is 4.56. The van der Waals surface area contributed by atoms with Gasteiger partial charge >= 0.3 is 0 Å². The summed E-state index contributed by atoms with van der Waals surface area (Å²) in [5.74, 6) is 0. The second-order valence-corrected chi connectivity index (χ2v) is 3.99. The first-order valence-electron chi connectivity index (χ1n) is 5.92. The summed E-state index contributed by atoms with van der Waals surface area (Å²) >= 11 is 0. The molecular weight excluding hydrogens is 256 g/mol. The fraction of sp³-hybridized carbons (Fsp3) is 0.833. The Balaban J connectivity index is 2.69. The van der Waals surface area contributed by atoms with Crippen LogP contribution in [-0.4, -0.2) is 71.2 Å². The quantitative estimate of drug-likeness (QED) is 0.465. The van der Waals surface area contributed by atoms with Gasteiger partial charge in [-0.2, -0.15) is 0 Å². The maximum atomic E-state index is 9.93. The Hall–Kier alpha value is -0.540. The molecule has 112 valence electrons. The van der Waals surface area contributed by atoms with E-state index in [4.69, 9.17) is 28.4 Å². The number of ether oxygens (including phenoxy) is 6. The van der Waals surface area contributed by atoms with Crippen LogP contribution in [0.2, 0.25) is 0 Å². The van der Waals surface area contributed by atoms with Crippen LogP contribution in [0.5, 0.6) is 0 Å². The van der Waals surface area contributed by atoms with Crippen molar-refractivity contribution in [1.29, 1.82) is 0 Å². The van der Waals surface area contributed by atoms with Gasteiger partial charge in [0.2, 0.25) is 0 Å². The first-order chi connectivity index (χ1) is 9.24. The molecule has 0 spiro atoms. The van der Waals surface area contributed by atoms with Crippen LogP contribution < -0.4 is 0 Å². The molecule has 0 saturated carbocycles. The summed E-state index contributed by atoms with van der Waals surface area (Å²) < 4.78 is 31.1. The van der Waals surface area contributed by atoms with Gasteiger partial charge in [-0.3, -0.25) is 0 Å². The Labute approximate surface area is 113 Å². The maximum absolute atomic E-state index is 9.93. The van der Waals surface area contributed by atoms with Gasteiger partial charge in [-0.15, -0.1) is 0 Å². The monoisotopic (exact) mass is 278 g/mol. The van der Waals surface area contributed by atoms with E-state index in [1.165, 1.54) is 21.3 Å². The van der Waals surface area contributed by atoms with Crippen LogP contribution in [0.15, 0.2) is 12.2 Å². The van der Waals surface area contributed by atoms with Crippen molar-refractivity contribution in [3.05, 3.63) is 12.2 Å². The van der Waals surface area contributed by atoms with Gasteiger partial charge in [-0.05, 0) is 0 Å². The molecule has 1 aliphatic carbocycles. The zero-order valence-corrected chi connectivity index (χ0v) is 11.5. The summed E-state index contributed by atoms with van der Waals surface area (Å²) in [4.78, 5) is 0. The molecule has 0 saturated heterocycles.